The Bertz CT molecular complexity index is 277. The van der Waals surface area contributed by atoms with Gasteiger partial charge in [0.15, 0.2) is 0 Å². The molecular weight excluding hydrogens is 266 g/mol. The van der Waals surface area contributed by atoms with Crippen LogP contribution in [0, 0.1) is 5.92 Å². The zero-order valence-electron chi connectivity index (χ0n) is 13.5. The number of amides is 1. The molecule has 1 unspecified atom stereocenters. The summed E-state index contributed by atoms with van der Waals surface area (Å²) in [6.45, 7) is 1.96. The van der Waals surface area contributed by atoms with Crippen LogP contribution < -0.4 is 5.32 Å². The van der Waals surface area contributed by atoms with Gasteiger partial charge in [-0.1, -0.05) is 58.3 Å². The van der Waals surface area contributed by atoms with Crippen molar-refractivity contribution < 1.29 is 15.0 Å². The van der Waals surface area contributed by atoms with Crippen molar-refractivity contribution in [1.82, 2.24) is 5.32 Å². The highest BCUT2D eigenvalue weighted by Crippen LogP contribution is 2.28. The maximum absolute atomic E-state index is 11.9. The number of nitrogens with one attached hydrogen (secondary N) is 1. The average molecular weight is 299 g/mol. The molecule has 1 aliphatic carbocycles. The predicted octanol–water partition coefficient (Wildman–Crippen LogP) is 2.77. The number of carbonyl (C=O) groups is 1. The quantitative estimate of drug-likeness (QED) is 0.514. The molecule has 1 saturated carbocycles. The van der Waals surface area contributed by atoms with E-state index in [2.05, 4.69) is 12.2 Å². The molecule has 4 heteroatoms. The van der Waals surface area contributed by atoms with E-state index in [1.54, 1.807) is 0 Å². The summed E-state index contributed by atoms with van der Waals surface area (Å²) in [6, 6.07) is -0.511. The van der Waals surface area contributed by atoms with Gasteiger partial charge in [0.2, 0.25) is 5.91 Å². The van der Waals surface area contributed by atoms with Crippen molar-refractivity contribution >= 4 is 5.91 Å². The summed E-state index contributed by atoms with van der Waals surface area (Å²) in [4.78, 5) is 11.9. The first-order valence-corrected chi connectivity index (χ1v) is 8.75. The van der Waals surface area contributed by atoms with Crippen molar-refractivity contribution in [2.75, 3.05) is 6.61 Å². The fourth-order valence-corrected chi connectivity index (χ4v) is 3.16. The van der Waals surface area contributed by atoms with Gasteiger partial charge in [-0.3, -0.25) is 4.79 Å². The van der Waals surface area contributed by atoms with Crippen LogP contribution >= 0.6 is 0 Å². The monoisotopic (exact) mass is 299 g/mol. The summed E-state index contributed by atoms with van der Waals surface area (Å²) in [6.07, 6.45) is 10.9. The van der Waals surface area contributed by atoms with E-state index < -0.39 is 12.1 Å². The smallest absolute Gasteiger partial charge is 0.220 e. The Labute approximate surface area is 129 Å². The molecule has 0 aromatic heterocycles. The molecule has 1 rings (SSSR count). The van der Waals surface area contributed by atoms with Crippen LogP contribution in [0.1, 0.15) is 77.6 Å². The van der Waals surface area contributed by atoms with Gasteiger partial charge in [0, 0.05) is 6.42 Å². The van der Waals surface area contributed by atoms with Gasteiger partial charge in [-0.2, -0.15) is 0 Å². The highest BCUT2D eigenvalue weighted by Gasteiger charge is 2.21. The zero-order valence-corrected chi connectivity index (χ0v) is 13.5. The first-order chi connectivity index (χ1) is 10.2. The summed E-state index contributed by atoms with van der Waals surface area (Å²) in [7, 11) is 0. The molecule has 0 aromatic rings. The van der Waals surface area contributed by atoms with Crippen LogP contribution in [-0.2, 0) is 4.79 Å². The predicted molar refractivity (Wildman–Crippen MR) is 85.0 cm³/mol. The molecule has 0 radical (unpaired) electrons. The standard InChI is InChI=1S/C17H33NO3/c1-2-3-4-5-10-16(20)15(13-19)18-17(21)12-11-14-8-6-7-9-14/h14-16,19-20H,2-13H2,1H3,(H,18,21)/t15-,16?/m0/s1. The minimum Gasteiger partial charge on any atom is -0.394 e. The van der Waals surface area contributed by atoms with Gasteiger partial charge >= 0.3 is 0 Å². The molecule has 0 aromatic carbocycles. The Morgan fingerprint density at radius 1 is 1.24 bits per heavy atom. The number of aliphatic hydroxyl groups excluding tert-OH is 2. The highest BCUT2D eigenvalue weighted by molar-refractivity contribution is 5.76. The summed E-state index contributed by atoms with van der Waals surface area (Å²) in [5.74, 6) is 0.663. The molecule has 2 atom stereocenters. The first-order valence-electron chi connectivity index (χ1n) is 8.75. The van der Waals surface area contributed by atoms with Crippen LogP contribution in [0.3, 0.4) is 0 Å². The number of hydrogen-bond acceptors (Lipinski definition) is 3. The van der Waals surface area contributed by atoms with Crippen LogP contribution in [0.2, 0.25) is 0 Å². The van der Waals surface area contributed by atoms with Crippen molar-refractivity contribution in [2.24, 2.45) is 5.92 Å². The largest absolute Gasteiger partial charge is 0.394 e. The molecule has 4 nitrogen and oxygen atoms in total. The van der Waals surface area contributed by atoms with Gasteiger partial charge in [-0.05, 0) is 18.8 Å². The second kappa shape index (κ2) is 11.0. The second-order valence-electron chi connectivity index (χ2n) is 6.46. The van der Waals surface area contributed by atoms with E-state index in [1.165, 1.54) is 32.1 Å². The maximum Gasteiger partial charge on any atom is 0.220 e. The number of hydrogen-bond donors (Lipinski definition) is 3. The topological polar surface area (TPSA) is 69.6 Å². The van der Waals surface area contributed by atoms with Crippen molar-refractivity contribution in [3.63, 3.8) is 0 Å². The number of carbonyl (C=O) groups excluding carboxylic acids is 1. The first kappa shape index (κ1) is 18.4. The van der Waals surface area contributed by atoms with Crippen molar-refractivity contribution in [3.05, 3.63) is 0 Å². The van der Waals surface area contributed by atoms with E-state index in [4.69, 9.17) is 0 Å². The molecule has 0 spiro atoms. The maximum atomic E-state index is 11.9. The van der Waals surface area contributed by atoms with Gasteiger partial charge in [0.05, 0.1) is 18.8 Å². The second-order valence-corrected chi connectivity index (χ2v) is 6.46. The summed E-state index contributed by atoms with van der Waals surface area (Å²) >= 11 is 0. The van der Waals surface area contributed by atoms with Crippen molar-refractivity contribution in [2.45, 2.75) is 89.7 Å². The van der Waals surface area contributed by atoms with Gasteiger partial charge in [-0.15, -0.1) is 0 Å². The van der Waals surface area contributed by atoms with Gasteiger partial charge in [-0.25, -0.2) is 0 Å². The lowest BCUT2D eigenvalue weighted by atomic mass is 10.0. The van der Waals surface area contributed by atoms with E-state index in [9.17, 15) is 15.0 Å². The summed E-state index contributed by atoms with van der Waals surface area (Å²) in [5.41, 5.74) is 0. The Morgan fingerprint density at radius 2 is 1.95 bits per heavy atom. The Kier molecular flexibility index (Phi) is 9.68. The molecule has 0 heterocycles. The number of aliphatic hydroxyl groups is 2. The molecule has 0 saturated heterocycles. The lowest BCUT2D eigenvalue weighted by Crippen LogP contribution is -2.45. The van der Waals surface area contributed by atoms with Gasteiger partial charge in [0.25, 0.3) is 0 Å². The third kappa shape index (κ3) is 7.82. The number of rotatable bonds is 11. The Hall–Kier alpha value is -0.610. The zero-order chi connectivity index (χ0) is 15.5. The van der Waals surface area contributed by atoms with Crippen LogP contribution in [-0.4, -0.2) is 34.9 Å². The third-order valence-corrected chi connectivity index (χ3v) is 4.62. The Morgan fingerprint density at radius 3 is 2.57 bits per heavy atom. The van der Waals surface area contributed by atoms with Crippen molar-refractivity contribution in [3.8, 4) is 0 Å². The van der Waals surface area contributed by atoms with E-state index in [1.807, 2.05) is 0 Å². The molecule has 0 bridgehead atoms. The Balaban J connectivity index is 2.19. The molecule has 124 valence electrons. The minimum absolute atomic E-state index is 0.0337. The van der Waals surface area contributed by atoms with Gasteiger partial charge < -0.3 is 15.5 Å². The fourth-order valence-electron chi connectivity index (χ4n) is 3.16. The van der Waals surface area contributed by atoms with Crippen LogP contribution in [0.5, 0.6) is 0 Å². The molecule has 1 amide bonds. The normalized spacial score (nSPS) is 18.6. The average Bonchev–Trinajstić information content (AvgIpc) is 3.00. The highest BCUT2D eigenvalue weighted by atomic mass is 16.3. The van der Waals surface area contributed by atoms with E-state index >= 15 is 0 Å². The molecular formula is C17H33NO3. The molecule has 1 aliphatic rings. The molecule has 0 aliphatic heterocycles. The SMILES string of the molecule is CCCCCCC(O)[C@H](CO)NC(=O)CCC1CCCC1. The van der Waals surface area contributed by atoms with Crippen LogP contribution in [0.25, 0.3) is 0 Å². The molecule has 1 fully saturated rings. The van der Waals surface area contributed by atoms with E-state index in [0.29, 0.717) is 18.8 Å². The molecule has 3 N–H and O–H groups in total. The minimum atomic E-state index is -0.637. The summed E-state index contributed by atoms with van der Waals surface area (Å²) < 4.78 is 0. The fraction of sp³-hybridized carbons (Fsp3) is 0.941. The number of unbranched alkanes of at least 4 members (excludes halogenated alkanes) is 3. The summed E-state index contributed by atoms with van der Waals surface area (Å²) in [5, 5.41) is 22.2. The van der Waals surface area contributed by atoms with Crippen molar-refractivity contribution in [1.29, 1.82) is 0 Å². The lowest BCUT2D eigenvalue weighted by molar-refractivity contribution is -0.123. The lowest BCUT2D eigenvalue weighted by Gasteiger charge is -2.22. The van der Waals surface area contributed by atoms with Crippen LogP contribution in [0.4, 0.5) is 0 Å². The third-order valence-electron chi connectivity index (χ3n) is 4.62. The molecule has 21 heavy (non-hydrogen) atoms. The van der Waals surface area contributed by atoms with Gasteiger partial charge in [0.1, 0.15) is 0 Å². The van der Waals surface area contributed by atoms with Crippen LogP contribution in [0.15, 0.2) is 0 Å². The van der Waals surface area contributed by atoms with E-state index in [0.717, 1.165) is 25.7 Å². The van der Waals surface area contributed by atoms with E-state index in [-0.39, 0.29) is 12.5 Å².